The third kappa shape index (κ3) is 1.97. The normalized spacial score (nSPS) is 21.2. The molecule has 0 saturated heterocycles. The number of aryl methyl sites for hydroxylation is 1. The number of nitrogens with one attached hydrogen (secondary N) is 1. The van der Waals surface area contributed by atoms with Gasteiger partial charge >= 0.3 is 0 Å². The molecular formula is C17H23ClN2. The number of hydrogen-bond donors (Lipinski definition) is 1. The molecule has 0 amide bonds. The molecule has 1 unspecified atom stereocenters. The fourth-order valence-corrected chi connectivity index (χ4v) is 4.07. The van der Waals surface area contributed by atoms with Crippen LogP contribution in [0.4, 0.5) is 0 Å². The molecule has 0 fully saturated rings. The zero-order valence-electron chi connectivity index (χ0n) is 12.3. The Labute approximate surface area is 127 Å². The number of rotatable bonds is 0. The zero-order chi connectivity index (χ0) is 13.0. The molecular weight excluding hydrogens is 268 g/mol. The van der Waals surface area contributed by atoms with Gasteiger partial charge in [0.15, 0.2) is 0 Å². The van der Waals surface area contributed by atoms with Crippen LogP contribution >= 0.6 is 12.4 Å². The SMILES string of the molecule is Cc1cc2c3c(c1)c1c(n3CC(C)C2)CCNCC1.Cl. The first-order chi connectivity index (χ1) is 9.24. The Balaban J connectivity index is 0.00000121. The summed E-state index contributed by atoms with van der Waals surface area (Å²) in [5.41, 5.74) is 7.79. The highest BCUT2D eigenvalue weighted by Crippen LogP contribution is 2.36. The first-order valence-electron chi connectivity index (χ1n) is 7.58. The number of aromatic nitrogens is 1. The summed E-state index contributed by atoms with van der Waals surface area (Å²) in [5, 5.41) is 5.08. The lowest BCUT2D eigenvalue weighted by atomic mass is 9.94. The molecule has 0 radical (unpaired) electrons. The minimum Gasteiger partial charge on any atom is -0.344 e. The van der Waals surface area contributed by atoms with Gasteiger partial charge in [-0.25, -0.2) is 0 Å². The largest absolute Gasteiger partial charge is 0.344 e. The highest BCUT2D eigenvalue weighted by Gasteiger charge is 2.25. The maximum absolute atomic E-state index is 3.54. The second-order valence-corrected chi connectivity index (χ2v) is 6.42. The maximum Gasteiger partial charge on any atom is 0.0518 e. The molecule has 0 spiro atoms. The van der Waals surface area contributed by atoms with Crippen LogP contribution in [0.2, 0.25) is 0 Å². The van der Waals surface area contributed by atoms with Gasteiger partial charge in [0.1, 0.15) is 0 Å². The molecule has 3 heterocycles. The van der Waals surface area contributed by atoms with Crippen molar-refractivity contribution >= 4 is 23.3 Å². The van der Waals surface area contributed by atoms with E-state index in [0.29, 0.717) is 0 Å². The Morgan fingerprint density at radius 2 is 2.00 bits per heavy atom. The quantitative estimate of drug-likeness (QED) is 0.788. The molecule has 2 aliphatic heterocycles. The predicted octanol–water partition coefficient (Wildman–Crippen LogP) is 3.25. The van der Waals surface area contributed by atoms with Gasteiger partial charge in [-0.15, -0.1) is 12.4 Å². The lowest BCUT2D eigenvalue weighted by Crippen LogP contribution is -2.20. The summed E-state index contributed by atoms with van der Waals surface area (Å²) in [7, 11) is 0. The average molecular weight is 291 g/mol. The Kier molecular flexibility index (Phi) is 3.55. The molecule has 0 bridgehead atoms. The van der Waals surface area contributed by atoms with Crippen LogP contribution in [0.1, 0.15) is 29.3 Å². The average Bonchev–Trinajstić information content (AvgIpc) is 2.55. The van der Waals surface area contributed by atoms with E-state index in [9.17, 15) is 0 Å². The van der Waals surface area contributed by atoms with Crippen molar-refractivity contribution in [2.24, 2.45) is 5.92 Å². The molecule has 1 N–H and O–H groups in total. The van der Waals surface area contributed by atoms with E-state index < -0.39 is 0 Å². The van der Waals surface area contributed by atoms with Crippen LogP contribution in [0, 0.1) is 12.8 Å². The van der Waals surface area contributed by atoms with Gasteiger partial charge in [-0.05, 0) is 49.4 Å². The molecule has 3 heteroatoms. The van der Waals surface area contributed by atoms with Crippen molar-refractivity contribution in [3.8, 4) is 0 Å². The van der Waals surface area contributed by atoms with Gasteiger partial charge in [-0.1, -0.05) is 18.6 Å². The maximum atomic E-state index is 3.54. The van der Waals surface area contributed by atoms with Gasteiger partial charge in [0.25, 0.3) is 0 Å². The number of benzene rings is 1. The number of hydrogen-bond acceptors (Lipinski definition) is 1. The monoisotopic (exact) mass is 290 g/mol. The number of fused-ring (bicyclic) bond motifs is 3. The second-order valence-electron chi connectivity index (χ2n) is 6.42. The van der Waals surface area contributed by atoms with Crippen LogP contribution in [0.3, 0.4) is 0 Å². The van der Waals surface area contributed by atoms with Crippen LogP contribution in [-0.4, -0.2) is 17.7 Å². The van der Waals surface area contributed by atoms with E-state index in [1.165, 1.54) is 31.4 Å². The van der Waals surface area contributed by atoms with Gasteiger partial charge < -0.3 is 9.88 Å². The summed E-state index contributed by atoms with van der Waals surface area (Å²) < 4.78 is 2.64. The van der Waals surface area contributed by atoms with Crippen molar-refractivity contribution in [2.75, 3.05) is 13.1 Å². The topological polar surface area (TPSA) is 17.0 Å². The van der Waals surface area contributed by atoms with E-state index in [0.717, 1.165) is 19.0 Å². The molecule has 1 atom stereocenters. The summed E-state index contributed by atoms with van der Waals surface area (Å²) in [6.07, 6.45) is 3.63. The minimum absolute atomic E-state index is 0. The lowest BCUT2D eigenvalue weighted by Gasteiger charge is -2.24. The molecule has 0 aliphatic carbocycles. The highest BCUT2D eigenvalue weighted by atomic mass is 35.5. The molecule has 1 aromatic heterocycles. The summed E-state index contributed by atoms with van der Waals surface area (Å²) in [6, 6.07) is 4.82. The van der Waals surface area contributed by atoms with Crippen molar-refractivity contribution in [2.45, 2.75) is 39.7 Å². The Morgan fingerprint density at radius 1 is 1.20 bits per heavy atom. The zero-order valence-corrected chi connectivity index (χ0v) is 13.1. The standard InChI is InChI=1S/C17H22N2.ClH/c1-11-7-13-8-12(2)10-19-16-4-6-18-5-3-14(16)15(9-11)17(13)19;/h7,9,12,18H,3-6,8,10H2,1-2H3;1H. The van der Waals surface area contributed by atoms with Crippen LogP contribution in [0.5, 0.6) is 0 Å². The molecule has 4 rings (SSSR count). The molecule has 2 aliphatic rings. The predicted molar refractivity (Wildman–Crippen MR) is 87.1 cm³/mol. The molecule has 2 aromatic rings. The van der Waals surface area contributed by atoms with Crippen molar-refractivity contribution in [1.82, 2.24) is 9.88 Å². The van der Waals surface area contributed by atoms with Crippen LogP contribution in [0.25, 0.3) is 10.9 Å². The third-order valence-corrected chi connectivity index (χ3v) is 4.76. The smallest absolute Gasteiger partial charge is 0.0518 e. The summed E-state index contributed by atoms with van der Waals surface area (Å²) in [6.45, 7) is 8.10. The van der Waals surface area contributed by atoms with Crippen molar-refractivity contribution in [1.29, 1.82) is 0 Å². The minimum atomic E-state index is 0. The summed E-state index contributed by atoms with van der Waals surface area (Å²) in [5.74, 6) is 0.769. The Morgan fingerprint density at radius 3 is 2.85 bits per heavy atom. The van der Waals surface area contributed by atoms with Gasteiger partial charge in [0.05, 0.1) is 5.52 Å². The van der Waals surface area contributed by atoms with E-state index >= 15 is 0 Å². The summed E-state index contributed by atoms with van der Waals surface area (Å²) >= 11 is 0. The highest BCUT2D eigenvalue weighted by molar-refractivity contribution is 5.89. The van der Waals surface area contributed by atoms with E-state index in [1.54, 1.807) is 27.7 Å². The first-order valence-corrected chi connectivity index (χ1v) is 7.58. The first kappa shape index (κ1) is 14.0. The number of nitrogens with zero attached hydrogens (tertiary/aromatic N) is 1. The van der Waals surface area contributed by atoms with E-state index in [2.05, 4.69) is 35.9 Å². The fourth-order valence-electron chi connectivity index (χ4n) is 4.07. The van der Waals surface area contributed by atoms with Crippen LogP contribution in [0.15, 0.2) is 12.1 Å². The Bertz CT molecular complexity index is 657. The Hall–Kier alpha value is -0.990. The van der Waals surface area contributed by atoms with Crippen molar-refractivity contribution < 1.29 is 0 Å². The van der Waals surface area contributed by atoms with Gasteiger partial charge in [-0.3, -0.25) is 0 Å². The molecule has 2 nitrogen and oxygen atoms in total. The molecule has 1 aromatic carbocycles. The van der Waals surface area contributed by atoms with E-state index in [4.69, 9.17) is 0 Å². The second kappa shape index (κ2) is 5.09. The summed E-state index contributed by atoms with van der Waals surface area (Å²) in [4.78, 5) is 0. The van der Waals surface area contributed by atoms with Crippen LogP contribution < -0.4 is 5.32 Å². The van der Waals surface area contributed by atoms with Crippen molar-refractivity contribution in [3.05, 3.63) is 34.5 Å². The van der Waals surface area contributed by atoms with Crippen molar-refractivity contribution in [3.63, 3.8) is 0 Å². The number of halogens is 1. The van der Waals surface area contributed by atoms with E-state index in [1.807, 2.05) is 0 Å². The molecule has 108 valence electrons. The van der Waals surface area contributed by atoms with E-state index in [-0.39, 0.29) is 12.4 Å². The molecule has 20 heavy (non-hydrogen) atoms. The van der Waals surface area contributed by atoms with Gasteiger partial charge in [0, 0.05) is 30.6 Å². The lowest BCUT2D eigenvalue weighted by molar-refractivity contribution is 0.460. The van der Waals surface area contributed by atoms with Gasteiger partial charge in [-0.2, -0.15) is 0 Å². The third-order valence-electron chi connectivity index (χ3n) is 4.76. The van der Waals surface area contributed by atoms with Crippen LogP contribution in [-0.2, 0) is 25.8 Å². The van der Waals surface area contributed by atoms with Gasteiger partial charge in [0.2, 0.25) is 0 Å². The fraction of sp³-hybridized carbons (Fsp3) is 0.529. The molecule has 0 saturated carbocycles.